The zero-order valence-corrected chi connectivity index (χ0v) is 6.86. The van der Waals surface area contributed by atoms with Gasteiger partial charge in [-0.3, -0.25) is 9.00 Å². The van der Waals surface area contributed by atoms with Gasteiger partial charge in [-0.2, -0.15) is 0 Å². The molecular formula is C7H6NO3S-. The molecule has 4 nitrogen and oxygen atoms in total. The van der Waals surface area contributed by atoms with Gasteiger partial charge in [-0.1, -0.05) is 18.2 Å². The van der Waals surface area contributed by atoms with Crippen LogP contribution in [0.3, 0.4) is 0 Å². The van der Waals surface area contributed by atoms with Crippen molar-refractivity contribution in [3.8, 4) is 0 Å². The van der Waals surface area contributed by atoms with Crippen molar-refractivity contribution < 1.29 is 13.6 Å². The van der Waals surface area contributed by atoms with Gasteiger partial charge in [0, 0.05) is 0 Å². The Hall–Kier alpha value is -1.20. The lowest BCUT2D eigenvalue weighted by atomic mass is 10.3. The van der Waals surface area contributed by atoms with E-state index >= 15 is 0 Å². The summed E-state index contributed by atoms with van der Waals surface area (Å²) in [5, 5.41) is 0. The summed E-state index contributed by atoms with van der Waals surface area (Å²) in [7, 11) is 0. The predicted octanol–water partition coefficient (Wildman–Crippen LogP) is 0.443. The van der Waals surface area contributed by atoms with Gasteiger partial charge in [0.15, 0.2) is 0 Å². The third-order valence-corrected chi connectivity index (χ3v) is 1.89. The maximum absolute atomic E-state index is 10.4. The number of anilines is 1. The van der Waals surface area contributed by atoms with Crippen LogP contribution in [0.15, 0.2) is 30.3 Å². The summed E-state index contributed by atoms with van der Waals surface area (Å²) in [5.41, 5.74) is 0.334. The Bertz CT molecular complexity index is 288. The van der Waals surface area contributed by atoms with E-state index in [-0.39, 0.29) is 6.41 Å². The number of hydrogen-bond acceptors (Lipinski definition) is 3. The number of hydrogen-bond donors (Lipinski definition) is 0. The highest BCUT2D eigenvalue weighted by Gasteiger charge is 2.02. The maximum atomic E-state index is 10.4. The Morgan fingerprint density at radius 1 is 1.33 bits per heavy atom. The van der Waals surface area contributed by atoms with Crippen LogP contribution in [-0.4, -0.2) is 15.2 Å². The van der Waals surface area contributed by atoms with E-state index in [9.17, 15) is 13.6 Å². The van der Waals surface area contributed by atoms with E-state index in [2.05, 4.69) is 0 Å². The molecule has 0 aliphatic carbocycles. The van der Waals surface area contributed by atoms with Crippen molar-refractivity contribution in [2.75, 3.05) is 4.31 Å². The van der Waals surface area contributed by atoms with Crippen LogP contribution in [0.4, 0.5) is 5.69 Å². The molecule has 0 aromatic heterocycles. The first-order chi connectivity index (χ1) is 5.75. The Morgan fingerprint density at radius 3 is 2.33 bits per heavy atom. The quantitative estimate of drug-likeness (QED) is 0.506. The molecule has 1 aromatic rings. The van der Waals surface area contributed by atoms with Crippen LogP contribution >= 0.6 is 0 Å². The number of benzene rings is 1. The van der Waals surface area contributed by atoms with Gasteiger partial charge in [-0.15, -0.1) is 0 Å². The highest BCUT2D eigenvalue weighted by Crippen LogP contribution is 2.11. The molecule has 0 spiro atoms. The lowest BCUT2D eigenvalue weighted by molar-refractivity contribution is -0.106. The summed E-state index contributed by atoms with van der Waals surface area (Å²) >= 11 is -2.54. The van der Waals surface area contributed by atoms with Crippen molar-refractivity contribution in [3.63, 3.8) is 0 Å². The molecule has 0 saturated heterocycles. The van der Waals surface area contributed by atoms with Crippen LogP contribution in [-0.2, 0) is 16.1 Å². The summed E-state index contributed by atoms with van der Waals surface area (Å²) < 4.78 is 21.5. The lowest BCUT2D eigenvalue weighted by Gasteiger charge is -2.18. The van der Waals surface area contributed by atoms with E-state index in [1.165, 1.54) is 12.1 Å². The van der Waals surface area contributed by atoms with Gasteiger partial charge < -0.3 is 4.55 Å². The summed E-state index contributed by atoms with van der Waals surface area (Å²) in [6.07, 6.45) is 0.248. The van der Waals surface area contributed by atoms with Crippen LogP contribution in [0.1, 0.15) is 0 Å². The SMILES string of the molecule is O=CN(c1ccccc1)S(=O)[O-]. The zero-order valence-electron chi connectivity index (χ0n) is 6.04. The molecule has 0 radical (unpaired) electrons. The highest BCUT2D eigenvalue weighted by atomic mass is 32.2. The number of carbonyl (C=O) groups is 1. The molecule has 0 N–H and O–H groups in total. The number of amides is 1. The summed E-state index contributed by atoms with van der Waals surface area (Å²) in [4.78, 5) is 10.3. The third-order valence-electron chi connectivity index (χ3n) is 1.27. The van der Waals surface area contributed by atoms with Crippen molar-refractivity contribution in [1.29, 1.82) is 0 Å². The number of nitrogens with zero attached hydrogens (tertiary/aromatic N) is 1. The molecule has 5 heteroatoms. The molecule has 1 amide bonds. The van der Waals surface area contributed by atoms with E-state index < -0.39 is 11.3 Å². The minimum Gasteiger partial charge on any atom is -0.755 e. The van der Waals surface area contributed by atoms with Gasteiger partial charge in [0.2, 0.25) is 6.41 Å². The van der Waals surface area contributed by atoms with Crippen LogP contribution < -0.4 is 4.31 Å². The average Bonchev–Trinajstić information content (AvgIpc) is 2.07. The van der Waals surface area contributed by atoms with E-state index in [1.54, 1.807) is 18.2 Å². The molecule has 1 rings (SSSR count). The second kappa shape index (κ2) is 3.99. The summed E-state index contributed by atoms with van der Waals surface area (Å²) in [5.74, 6) is 0. The van der Waals surface area contributed by atoms with Gasteiger partial charge in [0.1, 0.15) is 0 Å². The second-order valence-electron chi connectivity index (χ2n) is 1.98. The normalized spacial score (nSPS) is 12.1. The molecular weight excluding hydrogens is 178 g/mol. The fourth-order valence-electron chi connectivity index (χ4n) is 0.757. The van der Waals surface area contributed by atoms with Crippen molar-refractivity contribution >= 4 is 23.4 Å². The first kappa shape index (κ1) is 8.89. The van der Waals surface area contributed by atoms with E-state index in [1.807, 2.05) is 0 Å². The molecule has 1 aromatic carbocycles. The Morgan fingerprint density at radius 2 is 1.92 bits per heavy atom. The molecule has 0 bridgehead atoms. The van der Waals surface area contributed by atoms with E-state index in [4.69, 9.17) is 0 Å². The number of rotatable bonds is 3. The Balaban J connectivity index is 2.95. The standard InChI is InChI=1S/C7H7NO3S/c9-6-8(12(10)11)7-4-2-1-3-5-7/h1-6H,(H,10,11)/p-1. The monoisotopic (exact) mass is 184 g/mol. The topological polar surface area (TPSA) is 60.4 Å². The highest BCUT2D eigenvalue weighted by molar-refractivity contribution is 7.81. The largest absolute Gasteiger partial charge is 0.755 e. The van der Waals surface area contributed by atoms with Crippen LogP contribution in [0, 0.1) is 0 Å². The third kappa shape index (κ3) is 1.90. The van der Waals surface area contributed by atoms with E-state index in [0.717, 1.165) is 0 Å². The van der Waals surface area contributed by atoms with Crippen LogP contribution in [0.2, 0.25) is 0 Å². The molecule has 0 heterocycles. The Kier molecular flexibility index (Phi) is 2.95. The average molecular weight is 184 g/mol. The fourth-order valence-corrected chi connectivity index (χ4v) is 1.12. The Labute approximate surface area is 72.2 Å². The molecule has 0 aliphatic heterocycles. The maximum Gasteiger partial charge on any atom is 0.225 e. The first-order valence-electron chi connectivity index (χ1n) is 3.14. The van der Waals surface area contributed by atoms with Gasteiger partial charge in [0.05, 0.1) is 17.0 Å². The van der Waals surface area contributed by atoms with Gasteiger partial charge in [0.25, 0.3) is 0 Å². The molecule has 1 atom stereocenters. The smallest absolute Gasteiger partial charge is 0.225 e. The van der Waals surface area contributed by atoms with Crippen LogP contribution in [0.25, 0.3) is 0 Å². The van der Waals surface area contributed by atoms with Gasteiger partial charge in [-0.05, 0) is 12.1 Å². The van der Waals surface area contributed by atoms with Crippen molar-refractivity contribution in [3.05, 3.63) is 30.3 Å². The molecule has 1 unspecified atom stereocenters. The predicted molar refractivity (Wildman–Crippen MR) is 43.9 cm³/mol. The molecule has 0 fully saturated rings. The lowest BCUT2D eigenvalue weighted by Crippen LogP contribution is -2.22. The second-order valence-corrected chi connectivity index (χ2v) is 2.81. The summed E-state index contributed by atoms with van der Waals surface area (Å²) in [6, 6.07) is 8.10. The van der Waals surface area contributed by atoms with Crippen LogP contribution in [0.5, 0.6) is 0 Å². The van der Waals surface area contributed by atoms with Gasteiger partial charge in [-0.25, -0.2) is 4.31 Å². The molecule has 0 saturated carbocycles. The first-order valence-corrected chi connectivity index (χ1v) is 4.18. The number of para-hydroxylation sites is 1. The number of carbonyl (C=O) groups excluding carboxylic acids is 1. The zero-order chi connectivity index (χ0) is 8.97. The molecule has 12 heavy (non-hydrogen) atoms. The minimum atomic E-state index is -2.54. The minimum absolute atomic E-state index is 0.248. The molecule has 64 valence electrons. The molecule has 0 aliphatic rings. The summed E-state index contributed by atoms with van der Waals surface area (Å²) in [6.45, 7) is 0. The fraction of sp³-hybridized carbons (Fsp3) is 0. The van der Waals surface area contributed by atoms with Crippen molar-refractivity contribution in [2.45, 2.75) is 0 Å². The van der Waals surface area contributed by atoms with E-state index in [0.29, 0.717) is 9.99 Å². The van der Waals surface area contributed by atoms with Gasteiger partial charge >= 0.3 is 0 Å². The van der Waals surface area contributed by atoms with Crippen molar-refractivity contribution in [1.82, 2.24) is 0 Å². The van der Waals surface area contributed by atoms with Crippen molar-refractivity contribution in [2.24, 2.45) is 0 Å².